The number of nitrogens with one attached hydrogen (secondary N) is 2. The molecule has 1 atom stereocenters. The molecule has 0 saturated heterocycles. The van der Waals surface area contributed by atoms with Gasteiger partial charge in [0.25, 0.3) is 5.03 Å². The van der Waals surface area contributed by atoms with Gasteiger partial charge < -0.3 is 10.5 Å². The predicted molar refractivity (Wildman–Crippen MR) is 83.0 cm³/mol. The molecule has 2 rings (SSSR count). The summed E-state index contributed by atoms with van der Waals surface area (Å²) in [6.07, 6.45) is 1.36. The molecule has 0 saturated carbocycles. The fourth-order valence-corrected chi connectivity index (χ4v) is 2.79. The van der Waals surface area contributed by atoms with Crippen LogP contribution in [0.4, 0.5) is 4.79 Å². The lowest BCUT2D eigenvalue weighted by atomic mass is 10.1. The average Bonchev–Trinajstić information content (AvgIpc) is 2.54. The lowest BCUT2D eigenvalue weighted by Gasteiger charge is -2.15. The Hall–Kier alpha value is -2.54. The van der Waals surface area contributed by atoms with Crippen LogP contribution in [-0.2, 0) is 4.79 Å². The van der Waals surface area contributed by atoms with Crippen LogP contribution in [0.15, 0.2) is 59.8 Å². The molecule has 0 aliphatic carbocycles. The van der Waals surface area contributed by atoms with Crippen LogP contribution in [0.2, 0.25) is 0 Å². The van der Waals surface area contributed by atoms with Gasteiger partial charge in [-0.25, -0.2) is 4.79 Å². The summed E-state index contributed by atoms with van der Waals surface area (Å²) in [7, 11) is 1.43. The van der Waals surface area contributed by atoms with Gasteiger partial charge in [-0.15, -0.1) is 0 Å². The van der Waals surface area contributed by atoms with Crippen LogP contribution in [0.1, 0.15) is 10.8 Å². The van der Waals surface area contributed by atoms with Crippen LogP contribution in [0, 0.1) is 5.21 Å². The largest absolute Gasteiger partial charge is 0.618 e. The van der Waals surface area contributed by atoms with Crippen molar-refractivity contribution in [1.29, 1.82) is 0 Å². The van der Waals surface area contributed by atoms with Crippen molar-refractivity contribution in [3.63, 3.8) is 0 Å². The zero-order chi connectivity index (χ0) is 15.9. The van der Waals surface area contributed by atoms with Gasteiger partial charge in [-0.2, -0.15) is 4.73 Å². The molecule has 0 aliphatic rings. The van der Waals surface area contributed by atoms with E-state index < -0.39 is 17.2 Å². The number of thioether (sulfide) groups is 1. The SMILES string of the molecule is CNC(=O)NC(=O)[C@H](Sc1cccc[n+]1[O-])c1ccccc1. The monoisotopic (exact) mass is 317 g/mol. The van der Waals surface area contributed by atoms with Gasteiger partial charge in [-0.05, 0) is 23.4 Å². The van der Waals surface area contributed by atoms with Crippen LogP contribution >= 0.6 is 11.8 Å². The predicted octanol–water partition coefficient (Wildman–Crippen LogP) is 1.61. The third-order valence-electron chi connectivity index (χ3n) is 2.83. The normalized spacial score (nSPS) is 11.5. The van der Waals surface area contributed by atoms with Crippen molar-refractivity contribution >= 4 is 23.7 Å². The fraction of sp³-hybridized carbons (Fsp3) is 0.133. The molecule has 1 heterocycles. The van der Waals surface area contributed by atoms with Crippen LogP contribution in [0.25, 0.3) is 0 Å². The van der Waals surface area contributed by atoms with Gasteiger partial charge in [-0.3, -0.25) is 10.1 Å². The molecule has 0 spiro atoms. The van der Waals surface area contributed by atoms with Crippen molar-refractivity contribution in [2.75, 3.05) is 7.05 Å². The quantitative estimate of drug-likeness (QED) is 0.510. The van der Waals surface area contributed by atoms with E-state index in [-0.39, 0.29) is 0 Å². The van der Waals surface area contributed by atoms with Crippen molar-refractivity contribution in [2.45, 2.75) is 10.3 Å². The molecule has 1 aromatic carbocycles. The summed E-state index contributed by atoms with van der Waals surface area (Å²) >= 11 is 1.09. The lowest BCUT2D eigenvalue weighted by molar-refractivity contribution is -0.645. The van der Waals surface area contributed by atoms with Gasteiger partial charge in [-0.1, -0.05) is 30.3 Å². The van der Waals surface area contributed by atoms with Gasteiger partial charge in [0.2, 0.25) is 5.91 Å². The van der Waals surface area contributed by atoms with Gasteiger partial charge >= 0.3 is 6.03 Å². The maximum atomic E-state index is 12.3. The topological polar surface area (TPSA) is 85.1 Å². The molecular formula is C15H15N3O3S. The number of hydrogen-bond donors (Lipinski definition) is 2. The Morgan fingerprint density at radius 2 is 1.82 bits per heavy atom. The van der Waals surface area contributed by atoms with Crippen molar-refractivity contribution in [3.8, 4) is 0 Å². The third-order valence-corrected chi connectivity index (χ3v) is 4.11. The smallest absolute Gasteiger partial charge is 0.321 e. The number of hydrogen-bond acceptors (Lipinski definition) is 4. The van der Waals surface area contributed by atoms with E-state index >= 15 is 0 Å². The first-order chi connectivity index (χ1) is 10.6. The molecule has 0 bridgehead atoms. The van der Waals surface area contributed by atoms with Crippen LogP contribution in [0.5, 0.6) is 0 Å². The first-order valence-electron chi connectivity index (χ1n) is 6.54. The van der Waals surface area contributed by atoms with E-state index in [9.17, 15) is 14.8 Å². The zero-order valence-corrected chi connectivity index (χ0v) is 12.7. The highest BCUT2D eigenvalue weighted by molar-refractivity contribution is 8.00. The van der Waals surface area contributed by atoms with Crippen LogP contribution < -0.4 is 15.4 Å². The minimum absolute atomic E-state index is 0.378. The first kappa shape index (κ1) is 15.8. The van der Waals surface area contributed by atoms with E-state index in [4.69, 9.17) is 0 Å². The molecule has 1 aromatic heterocycles. The molecular weight excluding hydrogens is 302 g/mol. The second-order valence-electron chi connectivity index (χ2n) is 4.34. The number of carbonyl (C=O) groups is 2. The highest BCUT2D eigenvalue weighted by Crippen LogP contribution is 2.33. The number of benzene rings is 1. The van der Waals surface area contributed by atoms with Crippen molar-refractivity contribution in [2.24, 2.45) is 0 Å². The Kier molecular flexibility index (Phi) is 5.37. The summed E-state index contributed by atoms with van der Waals surface area (Å²) in [5, 5.41) is 16.0. The minimum atomic E-state index is -0.707. The summed E-state index contributed by atoms with van der Waals surface area (Å²) in [4.78, 5) is 23.7. The highest BCUT2D eigenvalue weighted by Gasteiger charge is 2.26. The van der Waals surface area contributed by atoms with E-state index in [1.165, 1.54) is 13.2 Å². The summed E-state index contributed by atoms with van der Waals surface area (Å²) in [5.41, 5.74) is 0.706. The Morgan fingerprint density at radius 3 is 2.45 bits per heavy atom. The number of imide groups is 1. The number of aromatic nitrogens is 1. The summed E-state index contributed by atoms with van der Waals surface area (Å²) in [6.45, 7) is 0. The summed E-state index contributed by atoms with van der Waals surface area (Å²) in [5.74, 6) is -0.487. The maximum absolute atomic E-state index is 12.3. The van der Waals surface area contributed by atoms with Crippen molar-refractivity contribution in [3.05, 3.63) is 65.5 Å². The third kappa shape index (κ3) is 3.98. The standard InChI is InChI=1S/C15H15N3O3S/c1-16-15(20)17-14(19)13(11-7-3-2-4-8-11)22-12-9-5-6-10-18(12)21/h2-10,13H,1H3,(H2,16,17,19,20)/t13-/m1/s1. The Labute approximate surface area is 132 Å². The number of pyridine rings is 1. The Bertz CT molecular complexity index is 664. The Morgan fingerprint density at radius 1 is 1.14 bits per heavy atom. The molecule has 3 amide bonds. The molecule has 2 aromatic rings. The number of carbonyl (C=O) groups excluding carboxylic acids is 2. The molecule has 0 unspecified atom stereocenters. The van der Waals surface area contributed by atoms with E-state index in [1.807, 2.05) is 6.07 Å². The second-order valence-corrected chi connectivity index (χ2v) is 5.47. The fourth-order valence-electron chi connectivity index (χ4n) is 1.77. The lowest BCUT2D eigenvalue weighted by Crippen LogP contribution is -2.40. The van der Waals surface area contributed by atoms with Crippen molar-refractivity contribution < 1.29 is 14.3 Å². The Balaban J connectivity index is 2.28. The number of rotatable bonds is 4. The minimum Gasteiger partial charge on any atom is -0.618 e. The molecule has 0 fully saturated rings. The van der Waals surface area contributed by atoms with Crippen LogP contribution in [-0.4, -0.2) is 19.0 Å². The summed E-state index contributed by atoms with van der Waals surface area (Å²) in [6, 6.07) is 13.3. The van der Waals surface area contributed by atoms with E-state index in [0.717, 1.165) is 11.8 Å². The van der Waals surface area contributed by atoms with Crippen LogP contribution in [0.3, 0.4) is 0 Å². The molecule has 2 N–H and O–H groups in total. The molecule has 22 heavy (non-hydrogen) atoms. The number of urea groups is 1. The average molecular weight is 317 g/mol. The molecule has 6 nitrogen and oxygen atoms in total. The van der Waals surface area contributed by atoms with Gasteiger partial charge in [0, 0.05) is 19.2 Å². The van der Waals surface area contributed by atoms with E-state index in [0.29, 0.717) is 15.3 Å². The maximum Gasteiger partial charge on any atom is 0.321 e. The van der Waals surface area contributed by atoms with E-state index in [1.54, 1.807) is 42.5 Å². The van der Waals surface area contributed by atoms with Gasteiger partial charge in [0.15, 0.2) is 6.20 Å². The highest BCUT2D eigenvalue weighted by atomic mass is 32.2. The second kappa shape index (κ2) is 7.46. The number of amides is 3. The molecule has 0 radical (unpaired) electrons. The molecule has 114 valence electrons. The van der Waals surface area contributed by atoms with E-state index in [2.05, 4.69) is 10.6 Å². The van der Waals surface area contributed by atoms with Gasteiger partial charge in [0.05, 0.1) is 0 Å². The molecule has 7 heteroatoms. The summed E-state index contributed by atoms with van der Waals surface area (Å²) < 4.78 is 0.688. The number of nitrogens with zero attached hydrogens (tertiary/aromatic N) is 1. The zero-order valence-electron chi connectivity index (χ0n) is 11.9. The van der Waals surface area contributed by atoms with Gasteiger partial charge in [0.1, 0.15) is 5.25 Å². The molecule has 0 aliphatic heterocycles. The first-order valence-corrected chi connectivity index (χ1v) is 7.42. The van der Waals surface area contributed by atoms with Crippen molar-refractivity contribution in [1.82, 2.24) is 10.6 Å².